The first kappa shape index (κ1) is 18.6. The third-order valence-electron chi connectivity index (χ3n) is 3.24. The Morgan fingerprint density at radius 2 is 1.92 bits per heavy atom. The average molecular weight is 372 g/mol. The minimum atomic E-state index is -3.06. The maximum absolute atomic E-state index is 13.3. The number of methoxy groups -OCH3 is 1. The summed E-state index contributed by atoms with van der Waals surface area (Å²) in [6.07, 6.45) is 0. The number of ether oxygens (including phenoxy) is 2. The lowest BCUT2D eigenvalue weighted by Gasteiger charge is -2.13. The van der Waals surface area contributed by atoms with Crippen LogP contribution < -0.4 is 4.74 Å². The van der Waals surface area contributed by atoms with Gasteiger partial charge in [0.1, 0.15) is 17.1 Å². The number of nitrogens with zero attached hydrogens (tertiary/aromatic N) is 1. The van der Waals surface area contributed by atoms with Crippen molar-refractivity contribution in [1.29, 1.82) is 0 Å². The number of carbonyl (C=O) groups is 1. The van der Waals surface area contributed by atoms with Gasteiger partial charge in [0.05, 0.1) is 17.1 Å². The number of nitro benzene ring substituents is 1. The molecule has 0 spiro atoms. The molecule has 0 amide bonds. The molecule has 0 aliphatic rings. The van der Waals surface area contributed by atoms with Crippen LogP contribution in [-0.2, 0) is 10.7 Å². The number of halogens is 3. The molecule has 2 rings (SSSR count). The van der Waals surface area contributed by atoms with Gasteiger partial charge in [0.25, 0.3) is 11.6 Å². The second-order valence-corrected chi connectivity index (χ2v) is 5.47. The Kier molecular flexibility index (Phi) is 5.22. The highest BCUT2D eigenvalue weighted by Gasteiger charge is 2.26. The van der Waals surface area contributed by atoms with E-state index < -0.39 is 22.5 Å². The van der Waals surface area contributed by atoms with Crippen LogP contribution in [0.5, 0.6) is 11.5 Å². The van der Waals surface area contributed by atoms with Crippen molar-refractivity contribution in [2.75, 3.05) is 7.11 Å². The molecule has 2 aromatic carbocycles. The van der Waals surface area contributed by atoms with E-state index in [9.17, 15) is 23.7 Å². The second kappa shape index (κ2) is 7.02. The molecule has 0 aliphatic carbocycles. The summed E-state index contributed by atoms with van der Waals surface area (Å²) in [5.74, 6) is -3.86. The first-order chi connectivity index (χ1) is 11.6. The van der Waals surface area contributed by atoms with Gasteiger partial charge in [0, 0.05) is 24.6 Å². The van der Waals surface area contributed by atoms with Gasteiger partial charge in [-0.3, -0.25) is 10.1 Å². The lowest BCUT2D eigenvalue weighted by Crippen LogP contribution is -2.07. The maximum Gasteiger partial charge on any atom is 0.345 e. The van der Waals surface area contributed by atoms with Crippen LogP contribution >= 0.6 is 11.6 Å². The average Bonchev–Trinajstić information content (AvgIpc) is 2.54. The largest absolute Gasteiger partial charge is 0.465 e. The number of esters is 1. The first-order valence-electron chi connectivity index (χ1n) is 6.86. The van der Waals surface area contributed by atoms with E-state index in [1.807, 2.05) is 0 Å². The van der Waals surface area contributed by atoms with Gasteiger partial charge in [-0.2, -0.15) is 0 Å². The molecular formula is C16H12ClF2NO5. The molecule has 0 aliphatic heterocycles. The van der Waals surface area contributed by atoms with E-state index in [0.29, 0.717) is 0 Å². The molecule has 0 saturated carbocycles. The number of alkyl halides is 2. The van der Waals surface area contributed by atoms with E-state index in [0.717, 1.165) is 38.3 Å². The summed E-state index contributed by atoms with van der Waals surface area (Å²) < 4.78 is 36.5. The van der Waals surface area contributed by atoms with Gasteiger partial charge in [-0.05, 0) is 24.3 Å². The Bertz CT molecular complexity index is 836. The van der Waals surface area contributed by atoms with Crippen LogP contribution in [0.15, 0.2) is 36.4 Å². The summed E-state index contributed by atoms with van der Waals surface area (Å²) in [6, 6.07) is 6.89. The molecule has 0 radical (unpaired) electrons. The van der Waals surface area contributed by atoms with Crippen LogP contribution in [0.25, 0.3) is 0 Å². The number of carbonyl (C=O) groups excluding carboxylic acids is 1. The summed E-state index contributed by atoms with van der Waals surface area (Å²) in [6.45, 7) is 0.734. The van der Waals surface area contributed by atoms with Gasteiger partial charge < -0.3 is 9.47 Å². The lowest BCUT2D eigenvalue weighted by molar-refractivity contribution is -0.385. The maximum atomic E-state index is 13.3. The van der Waals surface area contributed by atoms with Gasteiger partial charge >= 0.3 is 5.97 Å². The minimum absolute atomic E-state index is 0.0549. The Hall–Kier alpha value is -2.74. The van der Waals surface area contributed by atoms with Gasteiger partial charge in [-0.1, -0.05) is 11.6 Å². The SMILES string of the molecule is COC(=O)c1cc(Oc2ccc(C(C)(F)F)cc2Cl)ccc1[N+](=O)[O-]. The van der Waals surface area contributed by atoms with Crippen molar-refractivity contribution >= 4 is 23.3 Å². The molecule has 25 heavy (non-hydrogen) atoms. The van der Waals surface area contributed by atoms with Crippen LogP contribution in [0, 0.1) is 10.1 Å². The topological polar surface area (TPSA) is 78.7 Å². The molecule has 0 bridgehead atoms. The van der Waals surface area contributed by atoms with Crippen LogP contribution in [0.1, 0.15) is 22.8 Å². The fraction of sp³-hybridized carbons (Fsp3) is 0.188. The van der Waals surface area contributed by atoms with Gasteiger partial charge in [-0.15, -0.1) is 0 Å². The highest BCUT2D eigenvalue weighted by Crippen LogP contribution is 2.36. The second-order valence-electron chi connectivity index (χ2n) is 5.06. The molecule has 9 heteroatoms. The van der Waals surface area contributed by atoms with Gasteiger partial charge in [-0.25, -0.2) is 13.6 Å². The Labute approximate surface area is 146 Å². The zero-order valence-corrected chi connectivity index (χ0v) is 13.8. The predicted molar refractivity (Wildman–Crippen MR) is 85.5 cm³/mol. The molecule has 0 atom stereocenters. The summed E-state index contributed by atoms with van der Waals surface area (Å²) in [5.41, 5.74) is -1.05. The van der Waals surface area contributed by atoms with Crippen molar-refractivity contribution in [2.45, 2.75) is 12.8 Å². The third kappa shape index (κ3) is 4.21. The molecular weight excluding hydrogens is 360 g/mol. The molecule has 0 unspecified atom stereocenters. The van der Waals surface area contributed by atoms with E-state index in [1.165, 1.54) is 12.1 Å². The lowest BCUT2D eigenvalue weighted by atomic mass is 10.1. The highest BCUT2D eigenvalue weighted by molar-refractivity contribution is 6.32. The van der Waals surface area contributed by atoms with Crippen LogP contribution in [0.4, 0.5) is 14.5 Å². The third-order valence-corrected chi connectivity index (χ3v) is 3.53. The van der Waals surface area contributed by atoms with E-state index >= 15 is 0 Å². The monoisotopic (exact) mass is 371 g/mol. The van der Waals surface area contributed by atoms with Crippen molar-refractivity contribution in [1.82, 2.24) is 0 Å². The Morgan fingerprint density at radius 3 is 2.44 bits per heavy atom. The van der Waals surface area contributed by atoms with Gasteiger partial charge in [0.2, 0.25) is 0 Å². The molecule has 2 aromatic rings. The van der Waals surface area contributed by atoms with E-state index in [2.05, 4.69) is 4.74 Å². The number of benzene rings is 2. The molecule has 132 valence electrons. The quantitative estimate of drug-likeness (QED) is 0.422. The van der Waals surface area contributed by atoms with Crippen molar-refractivity contribution in [2.24, 2.45) is 0 Å². The van der Waals surface area contributed by atoms with E-state index in [4.69, 9.17) is 16.3 Å². The fourth-order valence-corrected chi connectivity index (χ4v) is 2.21. The fourth-order valence-electron chi connectivity index (χ4n) is 1.99. The number of hydrogen-bond donors (Lipinski definition) is 0. The van der Waals surface area contributed by atoms with Crippen LogP contribution in [-0.4, -0.2) is 18.0 Å². The molecule has 0 aromatic heterocycles. The Balaban J connectivity index is 2.38. The van der Waals surface area contributed by atoms with Gasteiger partial charge in [0.15, 0.2) is 0 Å². The van der Waals surface area contributed by atoms with E-state index in [-0.39, 0.29) is 27.6 Å². The smallest absolute Gasteiger partial charge is 0.345 e. The molecule has 0 saturated heterocycles. The number of hydrogen-bond acceptors (Lipinski definition) is 5. The summed E-state index contributed by atoms with van der Waals surface area (Å²) >= 11 is 5.94. The summed E-state index contributed by atoms with van der Waals surface area (Å²) in [7, 11) is 1.08. The molecule has 6 nitrogen and oxygen atoms in total. The standard InChI is InChI=1S/C16H12ClF2NO5/c1-16(18,19)9-3-6-14(12(17)7-9)25-10-4-5-13(20(22)23)11(8-10)15(21)24-2/h3-8H,1-2H3. The normalized spacial score (nSPS) is 11.1. The number of rotatable bonds is 5. The first-order valence-corrected chi connectivity index (χ1v) is 7.23. The number of nitro groups is 1. The molecule has 0 heterocycles. The highest BCUT2D eigenvalue weighted by atomic mass is 35.5. The van der Waals surface area contributed by atoms with Crippen LogP contribution in [0.2, 0.25) is 5.02 Å². The van der Waals surface area contributed by atoms with Crippen molar-refractivity contribution in [3.63, 3.8) is 0 Å². The van der Waals surface area contributed by atoms with Crippen molar-refractivity contribution < 1.29 is 28.0 Å². The van der Waals surface area contributed by atoms with Crippen molar-refractivity contribution in [3.8, 4) is 11.5 Å². The predicted octanol–water partition coefficient (Wildman–Crippen LogP) is 4.94. The van der Waals surface area contributed by atoms with Crippen LogP contribution in [0.3, 0.4) is 0 Å². The summed E-state index contributed by atoms with van der Waals surface area (Å²) in [4.78, 5) is 21.9. The van der Waals surface area contributed by atoms with Crippen molar-refractivity contribution in [3.05, 3.63) is 62.7 Å². The Morgan fingerprint density at radius 1 is 1.24 bits per heavy atom. The zero-order chi connectivity index (χ0) is 18.8. The van der Waals surface area contributed by atoms with E-state index in [1.54, 1.807) is 0 Å². The molecule has 0 N–H and O–H groups in total. The zero-order valence-electron chi connectivity index (χ0n) is 13.1. The molecule has 0 fully saturated rings. The summed E-state index contributed by atoms with van der Waals surface area (Å²) in [5, 5.41) is 10.9. The minimum Gasteiger partial charge on any atom is -0.465 e.